The molecule has 0 fully saturated rings. The van der Waals surface area contributed by atoms with E-state index in [1.807, 2.05) is 0 Å². The molecule has 0 radical (unpaired) electrons. The van der Waals surface area contributed by atoms with E-state index in [2.05, 4.69) is 22.4 Å². The standard InChI is InChI=1S/C12H12ClN3OS/c1-2-5-10-15-16-12(18-10)14-11(17)8-6-3-4-7-9(8)13/h3-4,6-7H,2,5H2,1H3,(H,14,16,17). The Kier molecular flexibility index (Phi) is 4.28. The van der Waals surface area contributed by atoms with Crippen molar-refractivity contribution < 1.29 is 4.79 Å². The van der Waals surface area contributed by atoms with Crippen molar-refractivity contribution in [3.05, 3.63) is 39.9 Å². The van der Waals surface area contributed by atoms with Gasteiger partial charge in [-0.2, -0.15) is 0 Å². The zero-order valence-corrected chi connectivity index (χ0v) is 11.4. The number of carbonyl (C=O) groups excluding carboxylic acids is 1. The third-order valence-corrected chi connectivity index (χ3v) is 3.50. The molecular weight excluding hydrogens is 270 g/mol. The molecule has 1 aromatic heterocycles. The second-order valence-electron chi connectivity index (χ2n) is 3.68. The minimum absolute atomic E-state index is 0.264. The summed E-state index contributed by atoms with van der Waals surface area (Å²) in [7, 11) is 0. The first kappa shape index (κ1) is 13.0. The van der Waals surface area contributed by atoms with E-state index in [0.717, 1.165) is 17.8 Å². The van der Waals surface area contributed by atoms with Gasteiger partial charge in [0.25, 0.3) is 5.91 Å². The van der Waals surface area contributed by atoms with Gasteiger partial charge in [0.15, 0.2) is 0 Å². The zero-order chi connectivity index (χ0) is 13.0. The molecule has 1 N–H and O–H groups in total. The van der Waals surface area contributed by atoms with Crippen molar-refractivity contribution in [2.75, 3.05) is 5.32 Å². The lowest BCUT2D eigenvalue weighted by Crippen LogP contribution is -2.12. The van der Waals surface area contributed by atoms with E-state index >= 15 is 0 Å². The molecule has 0 atom stereocenters. The summed E-state index contributed by atoms with van der Waals surface area (Å²) < 4.78 is 0. The summed E-state index contributed by atoms with van der Waals surface area (Å²) in [5.41, 5.74) is 0.436. The number of benzene rings is 1. The van der Waals surface area contributed by atoms with E-state index in [0.29, 0.717) is 15.7 Å². The Morgan fingerprint density at radius 2 is 2.17 bits per heavy atom. The minimum Gasteiger partial charge on any atom is -0.296 e. The van der Waals surface area contributed by atoms with E-state index < -0.39 is 0 Å². The summed E-state index contributed by atoms with van der Waals surface area (Å²) in [6.07, 6.45) is 1.88. The molecule has 1 amide bonds. The van der Waals surface area contributed by atoms with Crippen LogP contribution < -0.4 is 5.32 Å². The first-order valence-corrected chi connectivity index (χ1v) is 6.78. The third kappa shape index (κ3) is 3.05. The number of hydrogen-bond donors (Lipinski definition) is 1. The summed E-state index contributed by atoms with van der Waals surface area (Å²) in [6, 6.07) is 6.90. The average Bonchev–Trinajstić information content (AvgIpc) is 2.77. The fraction of sp³-hybridized carbons (Fsp3) is 0.250. The molecule has 0 spiro atoms. The Bertz CT molecular complexity index is 556. The molecule has 1 heterocycles. The predicted octanol–water partition coefficient (Wildman–Crippen LogP) is 3.40. The van der Waals surface area contributed by atoms with Crippen molar-refractivity contribution in [3.8, 4) is 0 Å². The highest BCUT2D eigenvalue weighted by atomic mass is 35.5. The lowest BCUT2D eigenvalue weighted by molar-refractivity contribution is 0.102. The third-order valence-electron chi connectivity index (χ3n) is 2.27. The van der Waals surface area contributed by atoms with Gasteiger partial charge in [-0.15, -0.1) is 10.2 Å². The number of nitrogens with one attached hydrogen (secondary N) is 1. The lowest BCUT2D eigenvalue weighted by Gasteiger charge is -2.02. The zero-order valence-electron chi connectivity index (χ0n) is 9.81. The highest BCUT2D eigenvalue weighted by Gasteiger charge is 2.12. The number of nitrogens with zero attached hydrogens (tertiary/aromatic N) is 2. The van der Waals surface area contributed by atoms with Gasteiger partial charge in [0.1, 0.15) is 5.01 Å². The second kappa shape index (κ2) is 5.93. The maximum absolute atomic E-state index is 11.9. The van der Waals surface area contributed by atoms with Crippen LogP contribution in [0.15, 0.2) is 24.3 Å². The SMILES string of the molecule is CCCc1nnc(NC(=O)c2ccccc2Cl)s1. The number of rotatable bonds is 4. The highest BCUT2D eigenvalue weighted by molar-refractivity contribution is 7.15. The summed E-state index contributed by atoms with van der Waals surface area (Å²) in [5, 5.41) is 12.5. The molecule has 4 nitrogen and oxygen atoms in total. The van der Waals surface area contributed by atoms with Gasteiger partial charge in [0, 0.05) is 6.42 Å². The van der Waals surface area contributed by atoms with Crippen LogP contribution in [-0.2, 0) is 6.42 Å². The van der Waals surface area contributed by atoms with E-state index in [-0.39, 0.29) is 5.91 Å². The Hall–Kier alpha value is -1.46. The van der Waals surface area contributed by atoms with Gasteiger partial charge in [-0.3, -0.25) is 10.1 Å². The molecule has 0 bridgehead atoms. The summed E-state index contributed by atoms with van der Waals surface area (Å²) >= 11 is 7.34. The summed E-state index contributed by atoms with van der Waals surface area (Å²) in [4.78, 5) is 11.9. The number of aromatic nitrogens is 2. The highest BCUT2D eigenvalue weighted by Crippen LogP contribution is 2.20. The normalized spacial score (nSPS) is 10.3. The maximum atomic E-state index is 11.9. The Morgan fingerprint density at radius 1 is 1.39 bits per heavy atom. The van der Waals surface area contributed by atoms with Crippen LogP contribution in [0.3, 0.4) is 0 Å². The number of anilines is 1. The van der Waals surface area contributed by atoms with Crippen molar-refractivity contribution in [3.63, 3.8) is 0 Å². The number of halogens is 1. The van der Waals surface area contributed by atoms with Crippen molar-refractivity contribution in [1.29, 1.82) is 0 Å². The molecule has 6 heteroatoms. The van der Waals surface area contributed by atoms with Crippen LogP contribution in [0.4, 0.5) is 5.13 Å². The van der Waals surface area contributed by atoms with Crippen molar-refractivity contribution in [2.45, 2.75) is 19.8 Å². The number of hydrogen-bond acceptors (Lipinski definition) is 4. The second-order valence-corrected chi connectivity index (χ2v) is 5.15. The Morgan fingerprint density at radius 3 is 2.89 bits per heavy atom. The van der Waals surface area contributed by atoms with Crippen molar-refractivity contribution >= 4 is 34.0 Å². The van der Waals surface area contributed by atoms with Crippen molar-refractivity contribution in [1.82, 2.24) is 10.2 Å². The molecule has 18 heavy (non-hydrogen) atoms. The molecule has 0 aliphatic heterocycles. The number of amides is 1. The summed E-state index contributed by atoms with van der Waals surface area (Å²) in [6.45, 7) is 2.07. The molecule has 0 unspecified atom stereocenters. The van der Waals surface area contributed by atoms with Crippen LogP contribution in [0.1, 0.15) is 28.7 Å². The Balaban J connectivity index is 2.09. The van der Waals surface area contributed by atoms with Gasteiger partial charge < -0.3 is 0 Å². The molecule has 2 rings (SSSR count). The van der Waals surface area contributed by atoms with Crippen LogP contribution >= 0.6 is 22.9 Å². The summed E-state index contributed by atoms with van der Waals surface area (Å²) in [5.74, 6) is -0.264. The Labute approximate surface area is 114 Å². The van der Waals surface area contributed by atoms with E-state index in [9.17, 15) is 4.79 Å². The largest absolute Gasteiger partial charge is 0.296 e. The lowest BCUT2D eigenvalue weighted by atomic mass is 10.2. The fourth-order valence-electron chi connectivity index (χ4n) is 1.43. The smallest absolute Gasteiger partial charge is 0.259 e. The van der Waals surface area contributed by atoms with E-state index in [4.69, 9.17) is 11.6 Å². The van der Waals surface area contributed by atoms with Gasteiger partial charge in [-0.1, -0.05) is 42.0 Å². The van der Waals surface area contributed by atoms with Gasteiger partial charge in [-0.25, -0.2) is 0 Å². The fourth-order valence-corrected chi connectivity index (χ4v) is 2.49. The number of carbonyl (C=O) groups is 1. The van der Waals surface area contributed by atoms with E-state index in [1.54, 1.807) is 24.3 Å². The quantitative estimate of drug-likeness (QED) is 0.934. The van der Waals surface area contributed by atoms with Crippen molar-refractivity contribution in [2.24, 2.45) is 0 Å². The van der Waals surface area contributed by atoms with E-state index in [1.165, 1.54) is 11.3 Å². The first-order chi connectivity index (χ1) is 8.70. The molecule has 0 saturated heterocycles. The molecule has 2 aromatic rings. The molecule has 0 aliphatic rings. The first-order valence-electron chi connectivity index (χ1n) is 5.59. The van der Waals surface area contributed by atoms with Gasteiger partial charge >= 0.3 is 0 Å². The van der Waals surface area contributed by atoms with Gasteiger partial charge in [0.2, 0.25) is 5.13 Å². The number of aryl methyl sites for hydroxylation is 1. The minimum atomic E-state index is -0.264. The van der Waals surface area contributed by atoms with Gasteiger partial charge in [-0.05, 0) is 18.6 Å². The molecule has 0 aliphatic carbocycles. The van der Waals surface area contributed by atoms with Crippen LogP contribution in [-0.4, -0.2) is 16.1 Å². The van der Waals surface area contributed by atoms with Crippen LogP contribution in [0.5, 0.6) is 0 Å². The van der Waals surface area contributed by atoms with Crippen LogP contribution in [0.25, 0.3) is 0 Å². The topological polar surface area (TPSA) is 54.9 Å². The molecule has 0 saturated carbocycles. The molecule has 1 aromatic carbocycles. The monoisotopic (exact) mass is 281 g/mol. The van der Waals surface area contributed by atoms with Gasteiger partial charge in [0.05, 0.1) is 10.6 Å². The predicted molar refractivity (Wildman–Crippen MR) is 73.3 cm³/mol. The maximum Gasteiger partial charge on any atom is 0.259 e. The van der Waals surface area contributed by atoms with Crippen LogP contribution in [0, 0.1) is 0 Å². The van der Waals surface area contributed by atoms with Crippen LogP contribution in [0.2, 0.25) is 5.02 Å². The average molecular weight is 282 g/mol. The molecular formula is C12H12ClN3OS. The molecule has 94 valence electrons.